The van der Waals surface area contributed by atoms with Gasteiger partial charge < -0.3 is 4.74 Å². The molecule has 1 aromatic rings. The van der Waals surface area contributed by atoms with Gasteiger partial charge in [0.1, 0.15) is 10.6 Å². The minimum absolute atomic E-state index is 0.0977. The van der Waals surface area contributed by atoms with Crippen LogP contribution in [0.15, 0.2) is 23.1 Å². The minimum Gasteiger partial charge on any atom is -0.495 e. The Morgan fingerprint density at radius 3 is 2.64 bits per heavy atom. The van der Waals surface area contributed by atoms with Gasteiger partial charge in [-0.1, -0.05) is 17.7 Å². The van der Waals surface area contributed by atoms with Gasteiger partial charge in [-0.3, -0.25) is 0 Å². The zero-order chi connectivity index (χ0) is 10.8. The van der Waals surface area contributed by atoms with Crippen LogP contribution < -0.4 is 9.46 Å². The molecule has 0 bridgehead atoms. The van der Waals surface area contributed by atoms with Crippen molar-refractivity contribution in [2.24, 2.45) is 0 Å². The molecule has 0 atom stereocenters. The Morgan fingerprint density at radius 1 is 1.50 bits per heavy atom. The predicted octanol–water partition coefficient (Wildman–Crippen LogP) is 1.42. The molecular formula is C8H9ClNO3S. The summed E-state index contributed by atoms with van der Waals surface area (Å²) in [6, 6.07) is 4.58. The monoisotopic (exact) mass is 234 g/mol. The molecule has 1 aromatic carbocycles. The third kappa shape index (κ3) is 2.00. The van der Waals surface area contributed by atoms with Gasteiger partial charge in [0.05, 0.1) is 12.1 Å². The van der Waals surface area contributed by atoms with Crippen molar-refractivity contribution >= 4 is 21.6 Å². The molecule has 0 heterocycles. The molecule has 0 aliphatic heterocycles. The van der Waals surface area contributed by atoms with Crippen molar-refractivity contribution in [1.82, 2.24) is 4.72 Å². The van der Waals surface area contributed by atoms with E-state index >= 15 is 0 Å². The fraction of sp³-hybridized carbons (Fsp3) is 0.125. The van der Waals surface area contributed by atoms with E-state index < -0.39 is 10.0 Å². The number of halogens is 1. The maximum atomic E-state index is 11.5. The maximum absolute atomic E-state index is 11.5. The van der Waals surface area contributed by atoms with E-state index in [9.17, 15) is 8.42 Å². The Kier molecular flexibility index (Phi) is 3.36. The summed E-state index contributed by atoms with van der Waals surface area (Å²) in [5, 5.41) is 0.0977. The average molecular weight is 235 g/mol. The molecule has 6 heteroatoms. The molecule has 0 saturated heterocycles. The van der Waals surface area contributed by atoms with E-state index in [4.69, 9.17) is 16.3 Å². The molecule has 77 valence electrons. The van der Waals surface area contributed by atoms with E-state index in [1.165, 1.54) is 19.2 Å². The van der Waals surface area contributed by atoms with Gasteiger partial charge in [-0.15, -0.1) is 0 Å². The van der Waals surface area contributed by atoms with Gasteiger partial charge in [0.25, 0.3) is 0 Å². The number of hydrogen-bond acceptors (Lipinski definition) is 3. The average Bonchev–Trinajstić information content (AvgIpc) is 2.17. The van der Waals surface area contributed by atoms with Gasteiger partial charge in [0.2, 0.25) is 10.0 Å². The molecule has 0 aliphatic carbocycles. The highest BCUT2D eigenvalue weighted by atomic mass is 35.5. The van der Waals surface area contributed by atoms with E-state index in [1.807, 2.05) is 4.72 Å². The first kappa shape index (κ1) is 11.3. The summed E-state index contributed by atoms with van der Waals surface area (Å²) >= 11 is 5.74. The zero-order valence-corrected chi connectivity index (χ0v) is 9.02. The van der Waals surface area contributed by atoms with Gasteiger partial charge in [-0.2, -0.15) is 0 Å². The number of benzene rings is 1. The van der Waals surface area contributed by atoms with Gasteiger partial charge >= 0.3 is 0 Å². The third-order valence-corrected chi connectivity index (χ3v) is 3.38. The molecule has 0 saturated carbocycles. The summed E-state index contributed by atoms with van der Waals surface area (Å²) in [5.74, 6) is 0.189. The van der Waals surface area contributed by atoms with Crippen molar-refractivity contribution in [3.05, 3.63) is 30.3 Å². The Hall–Kier alpha value is -0.780. The normalized spacial score (nSPS) is 11.4. The number of ether oxygens (including phenoxy) is 1. The van der Waals surface area contributed by atoms with Crippen molar-refractivity contribution in [3.63, 3.8) is 0 Å². The van der Waals surface area contributed by atoms with Crippen LogP contribution in [0.2, 0.25) is 5.02 Å². The maximum Gasteiger partial charge on any atom is 0.245 e. The molecule has 0 aliphatic rings. The second-order valence-corrected chi connectivity index (χ2v) is 4.53. The van der Waals surface area contributed by atoms with Crippen molar-refractivity contribution in [2.45, 2.75) is 4.90 Å². The van der Waals surface area contributed by atoms with E-state index in [1.54, 1.807) is 6.07 Å². The second kappa shape index (κ2) is 4.16. The summed E-state index contributed by atoms with van der Waals surface area (Å²) in [5.41, 5.74) is 0. The minimum atomic E-state index is -3.69. The molecule has 1 radical (unpaired) electrons. The van der Waals surface area contributed by atoms with E-state index in [0.29, 0.717) is 0 Å². The molecule has 1 rings (SSSR count). The third-order valence-electron chi connectivity index (χ3n) is 1.61. The number of methoxy groups -OCH3 is 1. The Morgan fingerprint density at radius 2 is 2.14 bits per heavy atom. The molecule has 0 amide bonds. The topological polar surface area (TPSA) is 55.4 Å². The summed E-state index contributed by atoms with van der Waals surface area (Å²) in [6.07, 6.45) is 0. The van der Waals surface area contributed by atoms with Crippen molar-refractivity contribution in [1.29, 1.82) is 0 Å². The standard InChI is InChI=1S/C8H9ClNO3S/c1-10-14(11,12)8-6(9)4-3-5-7(8)13-2/h3-5,10H,1H2,2H3. The lowest BCUT2D eigenvalue weighted by Crippen LogP contribution is -2.17. The van der Waals surface area contributed by atoms with E-state index in [2.05, 4.69) is 7.05 Å². The summed E-state index contributed by atoms with van der Waals surface area (Å²) in [7, 11) is 0.777. The highest BCUT2D eigenvalue weighted by molar-refractivity contribution is 7.89. The zero-order valence-electron chi connectivity index (χ0n) is 7.45. The molecule has 1 N–H and O–H groups in total. The van der Waals surface area contributed by atoms with Gasteiger partial charge in [-0.25, -0.2) is 13.1 Å². The molecule has 4 nitrogen and oxygen atoms in total. The van der Waals surface area contributed by atoms with Crippen LogP contribution in [0.25, 0.3) is 0 Å². The highest BCUT2D eigenvalue weighted by Gasteiger charge is 2.20. The predicted molar refractivity (Wildman–Crippen MR) is 53.7 cm³/mol. The van der Waals surface area contributed by atoms with E-state index in [0.717, 1.165) is 0 Å². The summed E-state index contributed by atoms with van der Waals surface area (Å²) in [4.78, 5) is -0.0980. The molecule has 14 heavy (non-hydrogen) atoms. The van der Waals surface area contributed by atoms with Gasteiger partial charge in [0.15, 0.2) is 0 Å². The largest absolute Gasteiger partial charge is 0.495 e. The molecule has 0 unspecified atom stereocenters. The van der Waals surface area contributed by atoms with Crippen LogP contribution in [0.4, 0.5) is 0 Å². The molecule has 0 aromatic heterocycles. The van der Waals surface area contributed by atoms with Crippen LogP contribution in [-0.4, -0.2) is 15.5 Å². The van der Waals surface area contributed by atoms with Crippen molar-refractivity contribution in [3.8, 4) is 5.75 Å². The van der Waals surface area contributed by atoms with Crippen LogP contribution >= 0.6 is 11.6 Å². The Labute approximate surface area is 87.9 Å². The molecular weight excluding hydrogens is 226 g/mol. The Bertz CT molecular complexity index is 430. The summed E-state index contributed by atoms with van der Waals surface area (Å²) < 4.78 is 29.7. The summed E-state index contributed by atoms with van der Waals surface area (Å²) in [6.45, 7) is 0. The van der Waals surface area contributed by atoms with Gasteiger partial charge in [-0.05, 0) is 12.1 Å². The second-order valence-electron chi connectivity index (χ2n) is 2.42. The lowest BCUT2D eigenvalue weighted by Gasteiger charge is -2.09. The Balaban J connectivity index is 3.46. The number of nitrogens with one attached hydrogen (secondary N) is 1. The lowest BCUT2D eigenvalue weighted by molar-refractivity contribution is 0.402. The van der Waals surface area contributed by atoms with Gasteiger partial charge in [0, 0.05) is 7.05 Å². The lowest BCUT2D eigenvalue weighted by atomic mass is 10.3. The number of rotatable bonds is 3. The van der Waals surface area contributed by atoms with E-state index in [-0.39, 0.29) is 15.7 Å². The first-order chi connectivity index (χ1) is 6.53. The van der Waals surface area contributed by atoms with Crippen LogP contribution in [0.5, 0.6) is 5.75 Å². The SMILES string of the molecule is [CH2]NS(=O)(=O)c1c(Cl)cccc1OC. The quantitative estimate of drug-likeness (QED) is 0.861. The number of hydrogen-bond donors (Lipinski definition) is 1. The molecule has 0 spiro atoms. The van der Waals surface area contributed by atoms with Crippen molar-refractivity contribution < 1.29 is 13.2 Å². The molecule has 0 fully saturated rings. The fourth-order valence-electron chi connectivity index (χ4n) is 0.983. The first-order valence-corrected chi connectivity index (χ1v) is 5.50. The van der Waals surface area contributed by atoms with Crippen LogP contribution in [0, 0.1) is 7.05 Å². The highest BCUT2D eigenvalue weighted by Crippen LogP contribution is 2.30. The van der Waals surface area contributed by atoms with Crippen LogP contribution in [-0.2, 0) is 10.0 Å². The van der Waals surface area contributed by atoms with Crippen LogP contribution in [0.3, 0.4) is 0 Å². The smallest absolute Gasteiger partial charge is 0.245 e. The van der Waals surface area contributed by atoms with Crippen molar-refractivity contribution in [2.75, 3.05) is 7.11 Å². The fourth-order valence-corrected chi connectivity index (χ4v) is 2.34. The first-order valence-electron chi connectivity index (χ1n) is 3.64. The number of sulfonamides is 1. The van der Waals surface area contributed by atoms with Crippen LogP contribution in [0.1, 0.15) is 0 Å².